The Balaban J connectivity index is 2.70. The molecule has 3 N–H and O–H groups in total. The SMILES string of the molecule is C=C1OC(C(O)C=O)C(O)C1O. The number of carbonyl (C=O) groups is 1. The highest BCUT2D eigenvalue weighted by molar-refractivity contribution is 5.57. The van der Waals surface area contributed by atoms with Crippen LogP contribution in [0, 0.1) is 0 Å². The molecule has 12 heavy (non-hydrogen) atoms. The Kier molecular flexibility index (Phi) is 2.46. The van der Waals surface area contributed by atoms with E-state index in [0.717, 1.165) is 0 Å². The quantitative estimate of drug-likeness (QED) is 0.429. The maximum Gasteiger partial charge on any atom is 0.160 e. The fourth-order valence-corrected chi connectivity index (χ4v) is 1.03. The van der Waals surface area contributed by atoms with Crippen molar-refractivity contribution in [1.29, 1.82) is 0 Å². The van der Waals surface area contributed by atoms with Gasteiger partial charge in [0, 0.05) is 0 Å². The molecule has 1 fully saturated rings. The number of carbonyl (C=O) groups excluding carboxylic acids is 1. The lowest BCUT2D eigenvalue weighted by molar-refractivity contribution is -0.123. The molecule has 0 saturated carbocycles. The van der Waals surface area contributed by atoms with E-state index in [-0.39, 0.29) is 12.0 Å². The first-order valence-corrected chi connectivity index (χ1v) is 3.43. The van der Waals surface area contributed by atoms with Gasteiger partial charge in [-0.25, -0.2) is 0 Å². The van der Waals surface area contributed by atoms with Gasteiger partial charge < -0.3 is 24.9 Å². The van der Waals surface area contributed by atoms with Crippen molar-refractivity contribution in [2.75, 3.05) is 0 Å². The lowest BCUT2D eigenvalue weighted by Gasteiger charge is -2.15. The molecule has 4 unspecified atom stereocenters. The maximum atomic E-state index is 10.1. The Morgan fingerprint density at radius 1 is 1.58 bits per heavy atom. The van der Waals surface area contributed by atoms with E-state index < -0.39 is 24.4 Å². The maximum absolute atomic E-state index is 10.1. The minimum Gasteiger partial charge on any atom is -0.486 e. The van der Waals surface area contributed by atoms with E-state index in [2.05, 4.69) is 6.58 Å². The van der Waals surface area contributed by atoms with Gasteiger partial charge in [-0.05, 0) is 0 Å². The van der Waals surface area contributed by atoms with Crippen LogP contribution in [-0.4, -0.2) is 46.0 Å². The molecule has 0 spiro atoms. The van der Waals surface area contributed by atoms with Crippen molar-refractivity contribution in [3.05, 3.63) is 12.3 Å². The van der Waals surface area contributed by atoms with E-state index in [9.17, 15) is 9.90 Å². The van der Waals surface area contributed by atoms with Gasteiger partial charge in [0.1, 0.15) is 24.1 Å². The Bertz CT molecular complexity index is 202. The third-order valence-electron chi connectivity index (χ3n) is 1.75. The van der Waals surface area contributed by atoms with Gasteiger partial charge in [-0.3, -0.25) is 0 Å². The lowest BCUT2D eigenvalue weighted by Crippen LogP contribution is -2.39. The number of hydrogen-bond acceptors (Lipinski definition) is 5. The van der Waals surface area contributed by atoms with Crippen molar-refractivity contribution in [1.82, 2.24) is 0 Å². The Morgan fingerprint density at radius 3 is 2.50 bits per heavy atom. The third kappa shape index (κ3) is 1.34. The molecule has 4 atom stereocenters. The minimum absolute atomic E-state index is 0.0339. The molecule has 1 aliphatic rings. The molecule has 0 aromatic carbocycles. The normalized spacial score (nSPS) is 37.6. The Morgan fingerprint density at radius 2 is 2.17 bits per heavy atom. The first-order chi connectivity index (χ1) is 5.57. The summed E-state index contributed by atoms with van der Waals surface area (Å²) in [7, 11) is 0. The summed E-state index contributed by atoms with van der Waals surface area (Å²) in [5.41, 5.74) is 0. The topological polar surface area (TPSA) is 87.0 Å². The zero-order chi connectivity index (χ0) is 9.30. The second-order valence-corrected chi connectivity index (χ2v) is 2.61. The zero-order valence-electron chi connectivity index (χ0n) is 6.25. The van der Waals surface area contributed by atoms with Crippen molar-refractivity contribution < 1.29 is 24.9 Å². The summed E-state index contributed by atoms with van der Waals surface area (Å²) in [5, 5.41) is 27.2. The fraction of sp³-hybridized carbons (Fsp3) is 0.571. The first kappa shape index (κ1) is 9.18. The third-order valence-corrected chi connectivity index (χ3v) is 1.75. The highest BCUT2D eigenvalue weighted by atomic mass is 16.5. The summed E-state index contributed by atoms with van der Waals surface area (Å²) in [5.74, 6) is -0.0339. The van der Waals surface area contributed by atoms with E-state index in [0.29, 0.717) is 0 Å². The molecule has 0 aromatic heterocycles. The van der Waals surface area contributed by atoms with Crippen molar-refractivity contribution in [2.24, 2.45) is 0 Å². The molecule has 0 radical (unpaired) electrons. The summed E-state index contributed by atoms with van der Waals surface area (Å²) in [6.45, 7) is 3.29. The van der Waals surface area contributed by atoms with Crippen LogP contribution in [0.4, 0.5) is 0 Å². The molecule has 5 nitrogen and oxygen atoms in total. The molecular weight excluding hydrogens is 164 g/mol. The van der Waals surface area contributed by atoms with Gasteiger partial charge in [-0.15, -0.1) is 0 Å². The molecule has 1 aliphatic heterocycles. The monoisotopic (exact) mass is 174 g/mol. The average Bonchev–Trinajstić information content (AvgIpc) is 2.32. The molecule has 5 heteroatoms. The van der Waals surface area contributed by atoms with Crippen LogP contribution in [0.1, 0.15) is 0 Å². The molecule has 0 aromatic rings. The largest absolute Gasteiger partial charge is 0.486 e. The van der Waals surface area contributed by atoms with Crippen molar-refractivity contribution in [3.63, 3.8) is 0 Å². The minimum atomic E-state index is -1.44. The summed E-state index contributed by atoms with van der Waals surface area (Å²) in [6.07, 6.45) is -4.83. The van der Waals surface area contributed by atoms with Gasteiger partial charge in [-0.2, -0.15) is 0 Å². The number of ether oxygens (including phenoxy) is 1. The second kappa shape index (κ2) is 3.22. The molecule has 0 amide bonds. The van der Waals surface area contributed by atoms with Crippen LogP contribution < -0.4 is 0 Å². The van der Waals surface area contributed by atoms with Gasteiger partial charge >= 0.3 is 0 Å². The predicted octanol–water partition coefficient (Wildman–Crippen LogP) is -1.82. The second-order valence-electron chi connectivity index (χ2n) is 2.61. The lowest BCUT2D eigenvalue weighted by atomic mass is 10.1. The summed E-state index contributed by atoms with van der Waals surface area (Å²) >= 11 is 0. The number of hydrogen-bond donors (Lipinski definition) is 3. The zero-order valence-corrected chi connectivity index (χ0v) is 6.25. The van der Waals surface area contributed by atoms with Crippen LogP contribution in [0.3, 0.4) is 0 Å². The molecular formula is C7H10O5. The van der Waals surface area contributed by atoms with E-state index >= 15 is 0 Å². The average molecular weight is 174 g/mol. The van der Waals surface area contributed by atoms with Crippen LogP contribution in [0.25, 0.3) is 0 Å². The smallest absolute Gasteiger partial charge is 0.160 e. The van der Waals surface area contributed by atoms with Crippen molar-refractivity contribution in [2.45, 2.75) is 24.4 Å². The van der Waals surface area contributed by atoms with Crippen LogP contribution >= 0.6 is 0 Å². The van der Waals surface area contributed by atoms with Gasteiger partial charge in [-0.1, -0.05) is 6.58 Å². The van der Waals surface area contributed by atoms with Crippen LogP contribution in [0.15, 0.2) is 12.3 Å². The van der Waals surface area contributed by atoms with Crippen molar-refractivity contribution in [3.8, 4) is 0 Å². The highest BCUT2D eigenvalue weighted by Gasteiger charge is 2.42. The summed E-state index contributed by atoms with van der Waals surface area (Å²) in [6, 6.07) is 0. The van der Waals surface area contributed by atoms with Crippen molar-refractivity contribution >= 4 is 6.29 Å². The number of aliphatic hydroxyl groups excluding tert-OH is 3. The van der Waals surface area contributed by atoms with Crippen LogP contribution in [0.2, 0.25) is 0 Å². The Labute approximate surface area is 68.9 Å². The number of aliphatic hydroxyl groups is 3. The van der Waals surface area contributed by atoms with Gasteiger partial charge in [0.05, 0.1) is 0 Å². The molecule has 0 aliphatic carbocycles. The van der Waals surface area contributed by atoms with Crippen LogP contribution in [0.5, 0.6) is 0 Å². The first-order valence-electron chi connectivity index (χ1n) is 3.43. The molecule has 68 valence electrons. The van der Waals surface area contributed by atoms with Gasteiger partial charge in [0.25, 0.3) is 0 Å². The standard InChI is InChI=1S/C7H10O5/c1-3-5(10)6(11)7(12-3)4(9)2-8/h2,4-7,9-11H,1H2. The number of rotatable bonds is 2. The number of aldehydes is 1. The highest BCUT2D eigenvalue weighted by Crippen LogP contribution is 2.24. The van der Waals surface area contributed by atoms with Gasteiger partial charge in [0.15, 0.2) is 12.4 Å². The molecule has 1 heterocycles. The Hall–Kier alpha value is -0.910. The van der Waals surface area contributed by atoms with E-state index in [4.69, 9.17) is 14.9 Å². The molecule has 0 bridgehead atoms. The summed E-state index contributed by atoms with van der Waals surface area (Å²) in [4.78, 5) is 10.1. The van der Waals surface area contributed by atoms with E-state index in [1.54, 1.807) is 0 Å². The predicted molar refractivity (Wildman–Crippen MR) is 38.1 cm³/mol. The molecule has 1 saturated heterocycles. The van der Waals surface area contributed by atoms with E-state index in [1.807, 2.05) is 0 Å². The summed E-state index contributed by atoms with van der Waals surface area (Å²) < 4.78 is 4.76. The van der Waals surface area contributed by atoms with Gasteiger partial charge in [0.2, 0.25) is 0 Å². The fourth-order valence-electron chi connectivity index (χ4n) is 1.03. The van der Waals surface area contributed by atoms with E-state index in [1.165, 1.54) is 0 Å². The molecule has 1 rings (SSSR count). The van der Waals surface area contributed by atoms with Crippen LogP contribution in [-0.2, 0) is 9.53 Å².